The van der Waals surface area contributed by atoms with Gasteiger partial charge >= 0.3 is 6.18 Å². The molecule has 0 amide bonds. The number of fused-ring (bicyclic) bond motifs is 1. The Morgan fingerprint density at radius 1 is 0.970 bits per heavy atom. The Kier molecular flexibility index (Phi) is 6.41. The van der Waals surface area contributed by atoms with Crippen molar-refractivity contribution in [3.05, 3.63) is 94.3 Å². The molecule has 4 aromatic rings. The molecule has 1 aromatic heterocycles. The maximum absolute atomic E-state index is 13.1. The van der Waals surface area contributed by atoms with E-state index in [1.807, 2.05) is 12.1 Å². The third-order valence-electron chi connectivity index (χ3n) is 5.08. The molecule has 1 heterocycles. The van der Waals surface area contributed by atoms with Gasteiger partial charge in [0.2, 0.25) is 0 Å². The van der Waals surface area contributed by atoms with Crippen molar-refractivity contribution >= 4 is 22.0 Å². The van der Waals surface area contributed by atoms with Crippen LogP contribution in [-0.4, -0.2) is 25.1 Å². The fourth-order valence-corrected chi connectivity index (χ4v) is 3.79. The quantitative estimate of drug-likeness (QED) is 0.430. The zero-order valence-electron chi connectivity index (χ0n) is 17.0. The van der Waals surface area contributed by atoms with Crippen LogP contribution in [0.3, 0.4) is 0 Å². The first-order valence-electron chi connectivity index (χ1n) is 9.86. The van der Waals surface area contributed by atoms with Crippen LogP contribution in [0.2, 0.25) is 0 Å². The Balaban J connectivity index is 1.82. The van der Waals surface area contributed by atoms with Gasteiger partial charge in [-0.15, -0.1) is 0 Å². The van der Waals surface area contributed by atoms with Crippen molar-refractivity contribution in [3.63, 3.8) is 0 Å². The summed E-state index contributed by atoms with van der Waals surface area (Å²) in [6.07, 6.45) is -4.04. The summed E-state index contributed by atoms with van der Waals surface area (Å²) >= 11 is -2.35. The molecule has 0 aliphatic carbocycles. The Labute approximate surface area is 189 Å². The van der Waals surface area contributed by atoms with Crippen LogP contribution in [0, 0.1) is 0 Å². The third-order valence-corrected chi connectivity index (χ3v) is 5.52. The lowest BCUT2D eigenvalue weighted by atomic mass is 10.0. The first-order chi connectivity index (χ1) is 15.7. The standard InChI is InChI=1S/C23H18F3N3O3S/c24-23(25,26)17-8-10-18(11-9-17)29-22(30)20-7-2-1-6-19(20)21(28-29)16-5-3-4-15(14-16)12-13-27-33(31)32/h1-11,14,27H,12-13H2,(H,31,32)/p-1. The number of benzene rings is 3. The molecule has 0 saturated heterocycles. The van der Waals surface area contributed by atoms with Gasteiger partial charge in [-0.05, 0) is 48.4 Å². The number of aromatic nitrogens is 2. The summed E-state index contributed by atoms with van der Waals surface area (Å²) in [4.78, 5) is 13.1. The monoisotopic (exact) mass is 472 g/mol. The van der Waals surface area contributed by atoms with Crippen molar-refractivity contribution < 1.29 is 21.9 Å². The number of hydrogen-bond donors (Lipinski definition) is 1. The number of alkyl halides is 3. The van der Waals surface area contributed by atoms with E-state index in [4.69, 9.17) is 0 Å². The highest BCUT2D eigenvalue weighted by atomic mass is 32.2. The van der Waals surface area contributed by atoms with Crippen LogP contribution in [-0.2, 0) is 23.9 Å². The highest BCUT2D eigenvalue weighted by molar-refractivity contribution is 7.77. The lowest BCUT2D eigenvalue weighted by Crippen LogP contribution is -2.22. The molecule has 0 spiro atoms. The van der Waals surface area contributed by atoms with Gasteiger partial charge in [-0.2, -0.15) is 23.0 Å². The maximum Gasteiger partial charge on any atom is 0.416 e. The smallest absolute Gasteiger partial charge is 0.416 e. The number of halogens is 3. The molecule has 0 aliphatic heterocycles. The molecule has 3 aromatic carbocycles. The second-order valence-corrected chi connectivity index (χ2v) is 7.99. The summed E-state index contributed by atoms with van der Waals surface area (Å²) in [6.45, 7) is 0.221. The van der Waals surface area contributed by atoms with Gasteiger partial charge in [-0.25, -0.2) is 4.72 Å². The molecular formula is C23H17F3N3O3S-. The maximum atomic E-state index is 13.1. The normalized spacial score (nSPS) is 12.7. The summed E-state index contributed by atoms with van der Waals surface area (Å²) in [5.41, 5.74) is 0.954. The number of nitrogens with one attached hydrogen (secondary N) is 1. The van der Waals surface area contributed by atoms with Gasteiger partial charge in [0, 0.05) is 28.8 Å². The Bertz CT molecular complexity index is 1390. The third kappa shape index (κ3) is 5.03. The van der Waals surface area contributed by atoms with Gasteiger partial charge in [-0.3, -0.25) is 9.00 Å². The topological polar surface area (TPSA) is 87.1 Å². The predicted molar refractivity (Wildman–Crippen MR) is 118 cm³/mol. The van der Waals surface area contributed by atoms with E-state index >= 15 is 0 Å². The number of nitrogens with zero attached hydrogens (tertiary/aromatic N) is 2. The van der Waals surface area contributed by atoms with Crippen molar-refractivity contribution in [2.75, 3.05) is 6.54 Å². The number of hydrogen-bond acceptors (Lipinski definition) is 4. The molecule has 1 unspecified atom stereocenters. The van der Waals surface area contributed by atoms with Crippen LogP contribution in [0.15, 0.2) is 77.6 Å². The second-order valence-electron chi connectivity index (χ2n) is 7.24. The van der Waals surface area contributed by atoms with E-state index in [2.05, 4.69) is 9.82 Å². The van der Waals surface area contributed by atoms with E-state index in [0.29, 0.717) is 28.5 Å². The molecule has 0 fully saturated rings. The zero-order chi connectivity index (χ0) is 23.6. The van der Waals surface area contributed by atoms with Gasteiger partial charge in [0.15, 0.2) is 0 Å². The lowest BCUT2D eigenvalue weighted by molar-refractivity contribution is -0.137. The predicted octanol–water partition coefficient (Wildman–Crippen LogP) is 4.00. The molecule has 10 heteroatoms. The largest absolute Gasteiger partial charge is 0.760 e. The minimum atomic E-state index is -4.49. The van der Waals surface area contributed by atoms with Crippen LogP contribution in [0.1, 0.15) is 11.1 Å². The van der Waals surface area contributed by atoms with Crippen LogP contribution >= 0.6 is 0 Å². The molecule has 0 bridgehead atoms. The fraction of sp³-hybridized carbons (Fsp3) is 0.130. The van der Waals surface area contributed by atoms with E-state index in [-0.39, 0.29) is 12.2 Å². The summed E-state index contributed by atoms with van der Waals surface area (Å²) in [5, 5.41) is 5.46. The average Bonchev–Trinajstić information content (AvgIpc) is 2.79. The van der Waals surface area contributed by atoms with E-state index in [1.54, 1.807) is 36.4 Å². The van der Waals surface area contributed by atoms with Crippen molar-refractivity contribution in [1.82, 2.24) is 14.5 Å². The molecule has 0 saturated carbocycles. The SMILES string of the molecule is O=c1c2ccccc2c(-c2cccc(CCNS(=O)[O-])c2)nn1-c1ccc(C(F)(F)F)cc1. The van der Waals surface area contributed by atoms with E-state index in [0.717, 1.165) is 22.4 Å². The van der Waals surface area contributed by atoms with Gasteiger partial charge in [0.25, 0.3) is 5.56 Å². The fourth-order valence-electron chi connectivity index (χ4n) is 3.52. The second kappa shape index (κ2) is 9.26. The average molecular weight is 472 g/mol. The lowest BCUT2D eigenvalue weighted by Gasteiger charge is -2.13. The van der Waals surface area contributed by atoms with Crippen molar-refractivity contribution in [2.45, 2.75) is 12.6 Å². The number of rotatable bonds is 6. The molecule has 1 N–H and O–H groups in total. The molecule has 0 radical (unpaired) electrons. The van der Waals surface area contributed by atoms with Gasteiger partial charge < -0.3 is 4.55 Å². The molecule has 170 valence electrons. The van der Waals surface area contributed by atoms with E-state index < -0.39 is 28.6 Å². The molecule has 0 aliphatic rings. The molecular weight excluding hydrogens is 455 g/mol. The minimum Gasteiger partial charge on any atom is -0.760 e. The highest BCUT2D eigenvalue weighted by Crippen LogP contribution is 2.30. The minimum absolute atomic E-state index is 0.207. The molecule has 4 rings (SSSR count). The molecule has 6 nitrogen and oxygen atoms in total. The summed E-state index contributed by atoms with van der Waals surface area (Å²) in [7, 11) is 0. The molecule has 1 atom stereocenters. The van der Waals surface area contributed by atoms with Gasteiger partial charge in [0.1, 0.15) is 0 Å². The van der Waals surface area contributed by atoms with Crippen LogP contribution < -0.4 is 10.3 Å². The van der Waals surface area contributed by atoms with Crippen LogP contribution in [0.25, 0.3) is 27.7 Å². The first-order valence-corrected chi connectivity index (χ1v) is 10.9. The Morgan fingerprint density at radius 2 is 1.67 bits per heavy atom. The zero-order valence-corrected chi connectivity index (χ0v) is 17.8. The van der Waals surface area contributed by atoms with Crippen LogP contribution in [0.5, 0.6) is 0 Å². The van der Waals surface area contributed by atoms with Crippen molar-refractivity contribution in [3.8, 4) is 16.9 Å². The first kappa shape index (κ1) is 22.8. The Morgan fingerprint density at radius 3 is 2.33 bits per heavy atom. The van der Waals surface area contributed by atoms with Crippen molar-refractivity contribution in [1.29, 1.82) is 0 Å². The van der Waals surface area contributed by atoms with E-state index in [9.17, 15) is 26.7 Å². The van der Waals surface area contributed by atoms with E-state index in [1.165, 1.54) is 12.1 Å². The van der Waals surface area contributed by atoms with Gasteiger partial charge in [-0.1, -0.05) is 36.4 Å². The highest BCUT2D eigenvalue weighted by Gasteiger charge is 2.30. The van der Waals surface area contributed by atoms with Gasteiger partial charge in [0.05, 0.1) is 22.3 Å². The summed E-state index contributed by atoms with van der Waals surface area (Å²) in [6, 6.07) is 18.4. The molecule has 33 heavy (non-hydrogen) atoms. The summed E-state index contributed by atoms with van der Waals surface area (Å²) < 4.78 is 63.6. The summed E-state index contributed by atoms with van der Waals surface area (Å²) in [5.74, 6) is 0. The Hall–Kier alpha value is -3.34. The van der Waals surface area contributed by atoms with Crippen molar-refractivity contribution in [2.24, 2.45) is 0 Å². The van der Waals surface area contributed by atoms with Crippen LogP contribution in [0.4, 0.5) is 13.2 Å².